The summed E-state index contributed by atoms with van der Waals surface area (Å²) in [6.45, 7) is 3.53. The van der Waals surface area contributed by atoms with Gasteiger partial charge in [-0.3, -0.25) is 14.3 Å². The van der Waals surface area contributed by atoms with Crippen molar-refractivity contribution in [2.75, 3.05) is 31.5 Å². The number of aromatic nitrogens is 2. The van der Waals surface area contributed by atoms with Crippen molar-refractivity contribution in [3.05, 3.63) is 47.8 Å². The van der Waals surface area contributed by atoms with Crippen molar-refractivity contribution in [1.82, 2.24) is 20.0 Å². The fourth-order valence-corrected chi connectivity index (χ4v) is 3.93. The van der Waals surface area contributed by atoms with Gasteiger partial charge in [-0.05, 0) is 62.9 Å². The van der Waals surface area contributed by atoms with E-state index < -0.39 is 0 Å². The Morgan fingerprint density at radius 2 is 1.96 bits per heavy atom. The number of amides is 2. The number of hydrogen-bond acceptors (Lipinski definition) is 4. The van der Waals surface area contributed by atoms with Crippen molar-refractivity contribution in [1.29, 1.82) is 0 Å². The van der Waals surface area contributed by atoms with Crippen LogP contribution in [0.4, 0.5) is 5.69 Å². The third-order valence-corrected chi connectivity index (χ3v) is 5.50. The second-order valence-corrected chi connectivity index (χ2v) is 7.57. The molecule has 2 aliphatic heterocycles. The monoisotopic (exact) mass is 381 g/mol. The van der Waals surface area contributed by atoms with Crippen molar-refractivity contribution in [2.24, 2.45) is 0 Å². The van der Waals surface area contributed by atoms with Crippen molar-refractivity contribution in [2.45, 2.75) is 38.1 Å². The minimum Gasteiger partial charge on any atom is -0.339 e. The van der Waals surface area contributed by atoms with Gasteiger partial charge in [0.25, 0.3) is 11.8 Å². The summed E-state index contributed by atoms with van der Waals surface area (Å²) in [6, 6.07) is 9.19. The fourth-order valence-electron chi connectivity index (χ4n) is 3.93. The summed E-state index contributed by atoms with van der Waals surface area (Å²) in [6.07, 6.45) is 7.34. The molecule has 4 rings (SSSR count). The molecule has 2 N–H and O–H groups in total. The lowest BCUT2D eigenvalue weighted by atomic mass is 10.1. The minimum absolute atomic E-state index is 0.0323. The minimum atomic E-state index is -0.259. The first-order chi connectivity index (χ1) is 13.7. The van der Waals surface area contributed by atoms with E-state index in [0.717, 1.165) is 51.9 Å². The van der Waals surface area contributed by atoms with Gasteiger partial charge in [-0.1, -0.05) is 6.07 Å². The standard InChI is InChI=1S/C21H27N5O2/c27-20(19-9-13-26(24-19)18-8-5-10-22-15-18)23-17-7-4-6-16(14-17)21(28)25-11-2-1-3-12-25/h4,6-7,9,13-14,18,22H,1-3,5,8,10-12,15H2,(H,23,27). The lowest BCUT2D eigenvalue weighted by Crippen LogP contribution is -2.35. The van der Waals surface area contributed by atoms with E-state index >= 15 is 0 Å². The smallest absolute Gasteiger partial charge is 0.276 e. The topological polar surface area (TPSA) is 79.3 Å². The first-order valence-electron chi connectivity index (χ1n) is 10.2. The van der Waals surface area contributed by atoms with Crippen LogP contribution in [0.1, 0.15) is 59.0 Å². The number of nitrogens with one attached hydrogen (secondary N) is 2. The van der Waals surface area contributed by atoms with E-state index in [0.29, 0.717) is 23.0 Å². The van der Waals surface area contributed by atoms with Gasteiger partial charge in [0, 0.05) is 37.1 Å². The van der Waals surface area contributed by atoms with Crippen LogP contribution >= 0.6 is 0 Å². The van der Waals surface area contributed by atoms with E-state index in [9.17, 15) is 9.59 Å². The van der Waals surface area contributed by atoms with Crippen LogP contribution < -0.4 is 10.6 Å². The van der Waals surface area contributed by atoms with Gasteiger partial charge in [-0.25, -0.2) is 0 Å². The highest BCUT2D eigenvalue weighted by atomic mass is 16.2. The molecule has 3 heterocycles. The van der Waals surface area contributed by atoms with E-state index in [4.69, 9.17) is 0 Å². The Bertz CT molecular complexity index is 835. The number of rotatable bonds is 4. The number of nitrogens with zero attached hydrogens (tertiary/aromatic N) is 3. The van der Waals surface area contributed by atoms with Crippen LogP contribution in [0.2, 0.25) is 0 Å². The molecule has 7 heteroatoms. The number of carbonyl (C=O) groups is 2. The number of benzene rings is 1. The van der Waals surface area contributed by atoms with Gasteiger partial charge in [0.05, 0.1) is 6.04 Å². The highest BCUT2D eigenvalue weighted by Gasteiger charge is 2.20. The molecule has 0 saturated carbocycles. The Morgan fingerprint density at radius 3 is 2.75 bits per heavy atom. The molecule has 28 heavy (non-hydrogen) atoms. The van der Waals surface area contributed by atoms with Crippen molar-refractivity contribution < 1.29 is 9.59 Å². The van der Waals surface area contributed by atoms with Gasteiger partial charge in [0.1, 0.15) is 0 Å². The number of anilines is 1. The summed E-state index contributed by atoms with van der Waals surface area (Å²) in [5, 5.41) is 10.7. The van der Waals surface area contributed by atoms with Crippen LogP contribution in [0.5, 0.6) is 0 Å². The molecular weight excluding hydrogens is 354 g/mol. The maximum atomic E-state index is 12.7. The van der Waals surface area contributed by atoms with Crippen molar-refractivity contribution >= 4 is 17.5 Å². The van der Waals surface area contributed by atoms with Gasteiger partial charge < -0.3 is 15.5 Å². The van der Waals surface area contributed by atoms with Crippen LogP contribution in [-0.2, 0) is 0 Å². The van der Waals surface area contributed by atoms with Crippen LogP contribution in [0, 0.1) is 0 Å². The zero-order chi connectivity index (χ0) is 19.3. The molecule has 0 radical (unpaired) electrons. The molecule has 2 fully saturated rings. The maximum absolute atomic E-state index is 12.7. The molecule has 2 amide bonds. The van der Waals surface area contributed by atoms with Crippen LogP contribution in [0.15, 0.2) is 36.5 Å². The molecule has 2 aliphatic rings. The van der Waals surface area contributed by atoms with E-state index in [1.807, 2.05) is 15.8 Å². The molecule has 1 aromatic heterocycles. The van der Waals surface area contributed by atoms with Crippen LogP contribution in [0.25, 0.3) is 0 Å². The Morgan fingerprint density at radius 1 is 1.11 bits per heavy atom. The first kappa shape index (κ1) is 18.7. The predicted octanol–water partition coefficient (Wildman–Crippen LogP) is 2.69. The summed E-state index contributed by atoms with van der Waals surface area (Å²) >= 11 is 0. The van der Waals surface area contributed by atoms with Crippen molar-refractivity contribution in [3.63, 3.8) is 0 Å². The number of hydrogen-bond donors (Lipinski definition) is 2. The second kappa shape index (κ2) is 8.56. The Hall–Kier alpha value is -2.67. The van der Waals surface area contributed by atoms with Gasteiger partial charge in [-0.2, -0.15) is 5.10 Å². The van der Waals surface area contributed by atoms with Crippen molar-refractivity contribution in [3.8, 4) is 0 Å². The highest BCUT2D eigenvalue weighted by Crippen LogP contribution is 2.18. The Balaban J connectivity index is 1.42. The van der Waals surface area contributed by atoms with E-state index in [-0.39, 0.29) is 11.8 Å². The largest absolute Gasteiger partial charge is 0.339 e. The lowest BCUT2D eigenvalue weighted by molar-refractivity contribution is 0.0724. The number of likely N-dealkylation sites (tertiary alicyclic amines) is 1. The van der Waals surface area contributed by atoms with Gasteiger partial charge in [0.15, 0.2) is 5.69 Å². The van der Waals surface area contributed by atoms with E-state index in [1.54, 1.807) is 30.3 Å². The number of piperidine rings is 2. The molecular formula is C21H27N5O2. The molecule has 0 aliphatic carbocycles. The molecule has 1 atom stereocenters. The normalized spacial score (nSPS) is 20.0. The zero-order valence-electron chi connectivity index (χ0n) is 16.1. The summed E-state index contributed by atoms with van der Waals surface area (Å²) in [5.41, 5.74) is 1.61. The van der Waals surface area contributed by atoms with Gasteiger partial charge in [0.2, 0.25) is 0 Å². The summed E-state index contributed by atoms with van der Waals surface area (Å²) in [5.74, 6) is -0.227. The molecule has 2 aromatic rings. The lowest BCUT2D eigenvalue weighted by Gasteiger charge is -2.26. The van der Waals surface area contributed by atoms with Gasteiger partial charge in [-0.15, -0.1) is 0 Å². The molecule has 2 saturated heterocycles. The predicted molar refractivity (Wildman–Crippen MR) is 108 cm³/mol. The summed E-state index contributed by atoms with van der Waals surface area (Å²) < 4.78 is 1.87. The highest BCUT2D eigenvalue weighted by molar-refractivity contribution is 6.03. The van der Waals surface area contributed by atoms with Crippen LogP contribution in [-0.4, -0.2) is 52.7 Å². The quantitative estimate of drug-likeness (QED) is 0.853. The second-order valence-electron chi connectivity index (χ2n) is 7.57. The molecule has 0 spiro atoms. The van der Waals surface area contributed by atoms with Crippen LogP contribution in [0.3, 0.4) is 0 Å². The Labute approximate surface area is 165 Å². The zero-order valence-corrected chi connectivity index (χ0v) is 16.1. The average Bonchev–Trinajstić information content (AvgIpc) is 3.25. The summed E-state index contributed by atoms with van der Waals surface area (Å²) in [7, 11) is 0. The Kier molecular flexibility index (Phi) is 5.71. The molecule has 7 nitrogen and oxygen atoms in total. The average molecular weight is 381 g/mol. The first-order valence-corrected chi connectivity index (χ1v) is 10.2. The third-order valence-electron chi connectivity index (χ3n) is 5.50. The van der Waals surface area contributed by atoms with E-state index in [2.05, 4.69) is 15.7 Å². The third kappa shape index (κ3) is 4.25. The number of carbonyl (C=O) groups excluding carboxylic acids is 2. The molecule has 1 aromatic carbocycles. The summed E-state index contributed by atoms with van der Waals surface area (Å²) in [4.78, 5) is 27.2. The van der Waals surface area contributed by atoms with E-state index in [1.165, 1.54) is 6.42 Å². The molecule has 148 valence electrons. The maximum Gasteiger partial charge on any atom is 0.276 e. The molecule has 0 bridgehead atoms. The van der Waals surface area contributed by atoms with Gasteiger partial charge >= 0.3 is 0 Å². The SMILES string of the molecule is O=C(Nc1cccc(C(=O)N2CCCCC2)c1)c1ccn(C2CCCNC2)n1. The fraction of sp³-hybridized carbons (Fsp3) is 0.476. The molecule has 1 unspecified atom stereocenters.